The molecular formula is C25H28N2O4. The number of benzene rings is 2. The van der Waals surface area contributed by atoms with Crippen molar-refractivity contribution in [3.63, 3.8) is 0 Å². The molecule has 1 aliphatic rings. The van der Waals surface area contributed by atoms with Crippen LogP contribution in [0.25, 0.3) is 0 Å². The first-order valence-electron chi connectivity index (χ1n) is 10.5. The summed E-state index contributed by atoms with van der Waals surface area (Å²) in [6.45, 7) is 7.85. The second-order valence-electron chi connectivity index (χ2n) is 8.33. The topological polar surface area (TPSA) is 92.3 Å². The first-order valence-corrected chi connectivity index (χ1v) is 10.5. The van der Waals surface area contributed by atoms with Gasteiger partial charge in [0.2, 0.25) is 0 Å². The molecule has 0 bridgehead atoms. The average molecular weight is 421 g/mol. The van der Waals surface area contributed by atoms with Crippen molar-refractivity contribution in [3.8, 4) is 0 Å². The Morgan fingerprint density at radius 3 is 2.26 bits per heavy atom. The maximum absolute atomic E-state index is 13.0. The summed E-state index contributed by atoms with van der Waals surface area (Å²) in [5, 5.41) is 4.91. The van der Waals surface area contributed by atoms with Crippen LogP contribution in [-0.4, -0.2) is 30.0 Å². The zero-order chi connectivity index (χ0) is 22.7. The molecule has 2 atom stereocenters. The van der Waals surface area contributed by atoms with E-state index in [0.717, 1.165) is 27.8 Å². The first-order chi connectivity index (χ1) is 14.7. The molecule has 162 valence electrons. The number of nitrogens with one attached hydrogen (secondary N) is 2. The zero-order valence-corrected chi connectivity index (χ0v) is 18.4. The van der Waals surface area contributed by atoms with Crippen LogP contribution < -0.4 is 10.6 Å². The summed E-state index contributed by atoms with van der Waals surface area (Å²) in [5.74, 6) is -1.78. The molecule has 0 radical (unpaired) electrons. The van der Waals surface area contributed by atoms with Crippen LogP contribution >= 0.6 is 0 Å². The maximum atomic E-state index is 13.0. The van der Waals surface area contributed by atoms with E-state index in [2.05, 4.69) is 10.6 Å². The summed E-state index contributed by atoms with van der Waals surface area (Å²) in [4.78, 5) is 49.9. The van der Waals surface area contributed by atoms with E-state index in [1.807, 2.05) is 39.0 Å². The third-order valence-corrected chi connectivity index (χ3v) is 5.88. The van der Waals surface area contributed by atoms with Crippen LogP contribution in [0.1, 0.15) is 56.9 Å². The van der Waals surface area contributed by atoms with Gasteiger partial charge in [-0.25, -0.2) is 4.79 Å². The van der Waals surface area contributed by atoms with Crippen LogP contribution in [0.2, 0.25) is 0 Å². The van der Waals surface area contributed by atoms with Crippen molar-refractivity contribution >= 4 is 23.5 Å². The van der Waals surface area contributed by atoms with Gasteiger partial charge in [-0.3, -0.25) is 19.7 Å². The van der Waals surface area contributed by atoms with Crippen LogP contribution in [0.15, 0.2) is 36.4 Å². The van der Waals surface area contributed by atoms with E-state index >= 15 is 0 Å². The van der Waals surface area contributed by atoms with Crippen molar-refractivity contribution in [2.24, 2.45) is 5.92 Å². The van der Waals surface area contributed by atoms with Crippen molar-refractivity contribution in [3.05, 3.63) is 69.8 Å². The highest BCUT2D eigenvalue weighted by molar-refractivity contribution is 6.15. The second-order valence-corrected chi connectivity index (χ2v) is 8.33. The highest BCUT2D eigenvalue weighted by Gasteiger charge is 2.42. The van der Waals surface area contributed by atoms with Crippen LogP contribution in [-0.2, 0) is 9.59 Å². The Hall–Kier alpha value is -3.28. The highest BCUT2D eigenvalue weighted by atomic mass is 16.2. The molecule has 3 rings (SSSR count). The van der Waals surface area contributed by atoms with Gasteiger partial charge in [0.25, 0.3) is 5.91 Å². The van der Waals surface area contributed by atoms with E-state index in [0.29, 0.717) is 12.0 Å². The molecule has 2 unspecified atom stereocenters. The van der Waals surface area contributed by atoms with Gasteiger partial charge in [-0.05, 0) is 62.4 Å². The van der Waals surface area contributed by atoms with Crippen LogP contribution in [0.4, 0.5) is 4.79 Å². The number of hydrogen-bond donors (Lipinski definition) is 2. The third-order valence-electron chi connectivity index (χ3n) is 5.88. The van der Waals surface area contributed by atoms with Gasteiger partial charge in [0, 0.05) is 24.4 Å². The molecule has 6 heteroatoms. The summed E-state index contributed by atoms with van der Waals surface area (Å²) in [6.07, 6.45) is 0.540. The fourth-order valence-electron chi connectivity index (χ4n) is 4.45. The van der Waals surface area contributed by atoms with E-state index in [4.69, 9.17) is 0 Å². The van der Waals surface area contributed by atoms with E-state index in [1.165, 1.54) is 0 Å². The molecule has 2 N–H and O–H groups in total. The molecule has 0 spiro atoms. The number of carbonyl (C=O) groups is 4. The van der Waals surface area contributed by atoms with Gasteiger partial charge in [-0.2, -0.15) is 0 Å². The smallest absolute Gasteiger partial charge is 0.321 e. The minimum Gasteiger partial charge on any atom is -0.338 e. The summed E-state index contributed by atoms with van der Waals surface area (Å²) < 4.78 is 0. The van der Waals surface area contributed by atoms with Gasteiger partial charge in [0.15, 0.2) is 5.78 Å². The van der Waals surface area contributed by atoms with E-state index in [9.17, 15) is 19.2 Å². The molecule has 0 aromatic heterocycles. The number of rotatable bonds is 5. The van der Waals surface area contributed by atoms with E-state index in [-0.39, 0.29) is 24.5 Å². The number of hydrogen-bond acceptors (Lipinski definition) is 4. The fraction of sp³-hybridized carbons (Fsp3) is 0.360. The number of carbonyl (C=O) groups excluding carboxylic acids is 4. The van der Waals surface area contributed by atoms with Crippen molar-refractivity contribution in [2.45, 2.75) is 46.5 Å². The Morgan fingerprint density at radius 2 is 1.61 bits per heavy atom. The number of amides is 3. The fourth-order valence-corrected chi connectivity index (χ4v) is 4.45. The van der Waals surface area contributed by atoms with Gasteiger partial charge in [0.05, 0.1) is 0 Å². The lowest BCUT2D eigenvalue weighted by Crippen LogP contribution is -2.40. The van der Waals surface area contributed by atoms with Crippen LogP contribution in [0, 0.1) is 33.6 Å². The Balaban J connectivity index is 1.57. The standard InChI is InChI=1S/C25H28N2O4/c1-14-11-16(3)21(17(4)12-14)22-20(28)13-18(23(22)29)9-10-26-25(31)27-24(30)19-8-6-5-7-15(19)2/h5-8,11-12,18,22H,9-10,13H2,1-4H3,(H2,26,27,30,31). The number of ketones is 2. The molecule has 6 nitrogen and oxygen atoms in total. The van der Waals surface area contributed by atoms with Crippen molar-refractivity contribution in [1.82, 2.24) is 10.6 Å². The van der Waals surface area contributed by atoms with Crippen molar-refractivity contribution in [2.75, 3.05) is 6.54 Å². The number of urea groups is 1. The summed E-state index contributed by atoms with van der Waals surface area (Å²) in [5.41, 5.74) is 5.03. The molecule has 2 aromatic carbocycles. The summed E-state index contributed by atoms with van der Waals surface area (Å²) in [6, 6.07) is 10.4. The Labute approximate surface area is 182 Å². The zero-order valence-electron chi connectivity index (χ0n) is 18.4. The third kappa shape index (κ3) is 4.90. The number of aryl methyl sites for hydroxylation is 4. The van der Waals surface area contributed by atoms with Gasteiger partial charge in [-0.15, -0.1) is 0 Å². The van der Waals surface area contributed by atoms with E-state index in [1.54, 1.807) is 25.1 Å². The highest BCUT2D eigenvalue weighted by Crippen LogP contribution is 2.37. The average Bonchev–Trinajstić information content (AvgIpc) is 2.95. The lowest BCUT2D eigenvalue weighted by atomic mass is 9.86. The SMILES string of the molecule is Cc1cc(C)c(C2C(=O)CC(CCNC(=O)NC(=O)c3ccccc3C)C2=O)c(C)c1. The maximum Gasteiger partial charge on any atom is 0.321 e. The second kappa shape index (κ2) is 9.25. The number of Topliss-reactive ketones (excluding diaryl/α,β-unsaturated/α-hetero) is 2. The van der Waals surface area contributed by atoms with E-state index < -0.39 is 23.8 Å². The molecular weight excluding hydrogens is 392 g/mol. The number of imide groups is 1. The molecule has 3 amide bonds. The van der Waals surface area contributed by atoms with Crippen molar-refractivity contribution in [1.29, 1.82) is 0 Å². The molecule has 0 aliphatic heterocycles. The van der Waals surface area contributed by atoms with Crippen LogP contribution in [0.5, 0.6) is 0 Å². The Kier molecular flexibility index (Phi) is 6.68. The predicted octanol–water partition coefficient (Wildman–Crippen LogP) is 3.69. The Morgan fingerprint density at radius 1 is 0.968 bits per heavy atom. The van der Waals surface area contributed by atoms with Crippen molar-refractivity contribution < 1.29 is 19.2 Å². The minimum atomic E-state index is -0.720. The Bertz CT molecular complexity index is 1030. The minimum absolute atomic E-state index is 0.0655. The molecule has 1 saturated carbocycles. The monoisotopic (exact) mass is 420 g/mol. The summed E-state index contributed by atoms with van der Waals surface area (Å²) >= 11 is 0. The lowest BCUT2D eigenvalue weighted by molar-refractivity contribution is -0.124. The lowest BCUT2D eigenvalue weighted by Gasteiger charge is -2.16. The van der Waals surface area contributed by atoms with Gasteiger partial charge < -0.3 is 5.32 Å². The predicted molar refractivity (Wildman–Crippen MR) is 118 cm³/mol. The van der Waals surface area contributed by atoms with Gasteiger partial charge in [-0.1, -0.05) is 35.9 Å². The van der Waals surface area contributed by atoms with Gasteiger partial charge in [0.1, 0.15) is 11.7 Å². The molecule has 0 heterocycles. The molecule has 1 fully saturated rings. The molecule has 1 aliphatic carbocycles. The molecule has 0 saturated heterocycles. The largest absolute Gasteiger partial charge is 0.338 e. The molecule has 31 heavy (non-hydrogen) atoms. The molecule has 2 aromatic rings. The van der Waals surface area contributed by atoms with Gasteiger partial charge >= 0.3 is 6.03 Å². The normalized spacial score (nSPS) is 18.2. The first kappa shape index (κ1) is 22.4. The summed E-state index contributed by atoms with van der Waals surface area (Å²) in [7, 11) is 0. The van der Waals surface area contributed by atoms with Crippen LogP contribution in [0.3, 0.4) is 0 Å². The quantitative estimate of drug-likeness (QED) is 0.722.